The van der Waals surface area contributed by atoms with Crippen LogP contribution in [-0.2, 0) is 9.59 Å². The highest BCUT2D eigenvalue weighted by Gasteiger charge is 2.70. The largest absolute Gasteiger partial charge is 0.341 e. The predicted molar refractivity (Wildman–Crippen MR) is 147 cm³/mol. The molecule has 7 atom stereocenters. The van der Waals surface area contributed by atoms with E-state index in [0.717, 1.165) is 50.5 Å². The van der Waals surface area contributed by atoms with Crippen molar-refractivity contribution in [3.05, 3.63) is 23.3 Å². The first kappa shape index (κ1) is 27.2. The third-order valence-electron chi connectivity index (χ3n) is 12.4. The number of nitriles is 1. The van der Waals surface area contributed by atoms with Gasteiger partial charge in [0.1, 0.15) is 6.07 Å². The maximum absolute atomic E-state index is 14.4. The summed E-state index contributed by atoms with van der Waals surface area (Å²) in [6.45, 7) is 15.4. The second kappa shape index (κ2) is 8.05. The number of nitrogens with one attached hydrogen (secondary N) is 2. The first-order chi connectivity index (χ1) is 17.5. The molecule has 0 spiro atoms. The fourth-order valence-corrected chi connectivity index (χ4v) is 10.1. The zero-order chi connectivity index (χ0) is 28.1. The van der Waals surface area contributed by atoms with Gasteiger partial charge in [-0.05, 0) is 79.1 Å². The third kappa shape index (κ3) is 3.32. The molecule has 5 aliphatic carbocycles. The number of Topliss-reactive ketones (excluding diaryl/α,β-unsaturated/α-hetero) is 1. The Morgan fingerprint density at radius 3 is 2.29 bits per heavy atom. The van der Waals surface area contributed by atoms with Crippen molar-refractivity contribution >= 4 is 17.6 Å². The first-order valence-corrected chi connectivity index (χ1v) is 14.5. The molecule has 0 heterocycles. The summed E-state index contributed by atoms with van der Waals surface area (Å²) < 4.78 is 0. The first-order valence-electron chi connectivity index (χ1n) is 14.5. The SMILES string of the molecule is CNC(=O)N[C@]12CCC(C)(C)CC1C1C(=O)C=C3[C@@]4(C)C=C(C#N)C(=O)C(C)(C)[C@@H]4CC[C@@]3(C)[C@]1(C)CC2. The summed E-state index contributed by atoms with van der Waals surface area (Å²) in [4.78, 5) is 40.3. The Hall–Kier alpha value is -2.42. The summed E-state index contributed by atoms with van der Waals surface area (Å²) in [5, 5.41) is 16.0. The van der Waals surface area contributed by atoms with E-state index in [1.165, 1.54) is 0 Å². The van der Waals surface area contributed by atoms with Crippen molar-refractivity contribution in [2.45, 2.75) is 99.0 Å². The Morgan fingerprint density at radius 2 is 1.66 bits per heavy atom. The predicted octanol–water partition coefficient (Wildman–Crippen LogP) is 5.89. The van der Waals surface area contributed by atoms with Crippen molar-refractivity contribution in [2.75, 3.05) is 7.05 Å². The average Bonchev–Trinajstić information content (AvgIpc) is 2.83. The van der Waals surface area contributed by atoms with Gasteiger partial charge in [-0.2, -0.15) is 5.26 Å². The fourth-order valence-electron chi connectivity index (χ4n) is 10.1. The second-order valence-corrected chi connectivity index (χ2v) is 15.1. The average molecular weight is 520 g/mol. The van der Waals surface area contributed by atoms with Crippen LogP contribution in [0.25, 0.3) is 0 Å². The van der Waals surface area contributed by atoms with Crippen LogP contribution in [0.2, 0.25) is 0 Å². The summed E-state index contributed by atoms with van der Waals surface area (Å²) in [5.74, 6) is 0.00108. The highest BCUT2D eigenvalue weighted by molar-refractivity contribution is 6.04. The van der Waals surface area contributed by atoms with Crippen LogP contribution < -0.4 is 10.6 Å². The van der Waals surface area contributed by atoms with Crippen LogP contribution in [0, 0.1) is 56.2 Å². The fraction of sp³-hybridized carbons (Fsp3) is 0.750. The van der Waals surface area contributed by atoms with Crippen LogP contribution in [-0.4, -0.2) is 30.2 Å². The third-order valence-corrected chi connectivity index (χ3v) is 12.4. The lowest BCUT2D eigenvalue weighted by atomic mass is 9.35. The van der Waals surface area contributed by atoms with Gasteiger partial charge in [-0.1, -0.05) is 60.1 Å². The summed E-state index contributed by atoms with van der Waals surface area (Å²) >= 11 is 0. The number of carbonyl (C=O) groups is 3. The Balaban J connectivity index is 1.68. The lowest BCUT2D eigenvalue weighted by molar-refractivity contribution is -0.160. The number of ketones is 2. The quantitative estimate of drug-likeness (QED) is 0.451. The molecule has 2 amide bonds. The van der Waals surface area contributed by atoms with Gasteiger partial charge in [-0.3, -0.25) is 9.59 Å². The lowest BCUT2D eigenvalue weighted by Gasteiger charge is -2.69. The molecule has 38 heavy (non-hydrogen) atoms. The van der Waals surface area contributed by atoms with Crippen LogP contribution in [0.1, 0.15) is 93.4 Å². The number of carbonyl (C=O) groups excluding carboxylic acids is 3. The van der Waals surface area contributed by atoms with Crippen molar-refractivity contribution in [3.8, 4) is 6.07 Å². The van der Waals surface area contributed by atoms with E-state index in [1.54, 1.807) is 7.05 Å². The number of rotatable bonds is 1. The molecule has 5 rings (SSSR count). The molecule has 0 aromatic heterocycles. The molecule has 6 nitrogen and oxygen atoms in total. The van der Waals surface area contributed by atoms with Crippen LogP contribution in [0.3, 0.4) is 0 Å². The molecule has 2 unspecified atom stereocenters. The number of hydrogen-bond acceptors (Lipinski definition) is 4. The van der Waals surface area contributed by atoms with E-state index in [9.17, 15) is 19.6 Å². The minimum Gasteiger partial charge on any atom is -0.341 e. The van der Waals surface area contributed by atoms with Gasteiger partial charge >= 0.3 is 6.03 Å². The van der Waals surface area contributed by atoms with E-state index in [1.807, 2.05) is 26.0 Å². The van der Waals surface area contributed by atoms with Gasteiger partial charge in [0.25, 0.3) is 0 Å². The number of fused-ring (bicyclic) bond motifs is 7. The van der Waals surface area contributed by atoms with Crippen LogP contribution in [0.4, 0.5) is 4.79 Å². The molecule has 3 fully saturated rings. The van der Waals surface area contributed by atoms with Gasteiger partial charge in [-0.25, -0.2) is 4.79 Å². The molecule has 206 valence electrons. The Labute approximate surface area is 228 Å². The van der Waals surface area contributed by atoms with Crippen molar-refractivity contribution in [1.82, 2.24) is 10.6 Å². The molecule has 0 bridgehead atoms. The minimum atomic E-state index is -0.663. The summed E-state index contributed by atoms with van der Waals surface area (Å²) in [6, 6.07) is 2.01. The van der Waals surface area contributed by atoms with Crippen LogP contribution in [0.5, 0.6) is 0 Å². The Kier molecular flexibility index (Phi) is 5.76. The normalized spacial score (nSPS) is 44.7. The maximum atomic E-state index is 14.4. The molecule has 0 radical (unpaired) electrons. The highest BCUT2D eigenvalue weighted by Crippen LogP contribution is 2.73. The standard InChI is InChI=1S/C32H45N3O3/c1-27(2)11-13-32(35-26(38)34-8)14-12-31(7)24(20(32)17-27)21(36)15-23-29(5)16-19(18-33)25(37)28(3,4)22(29)9-10-30(23,31)6/h15-16,20,22,24H,9-14,17H2,1-8H3,(H2,34,35,38)/t20?,22-,24?,29-,30+,31+,32-/m0/s1. The van der Waals surface area contributed by atoms with E-state index in [4.69, 9.17) is 0 Å². The smallest absolute Gasteiger partial charge is 0.314 e. The zero-order valence-corrected chi connectivity index (χ0v) is 24.5. The molecular formula is C32H45N3O3. The van der Waals surface area contributed by atoms with Crippen LogP contribution in [0.15, 0.2) is 23.3 Å². The van der Waals surface area contributed by atoms with Gasteiger partial charge in [0.2, 0.25) is 0 Å². The molecule has 0 saturated heterocycles. The number of hydrogen-bond donors (Lipinski definition) is 2. The highest BCUT2D eigenvalue weighted by atomic mass is 16.2. The maximum Gasteiger partial charge on any atom is 0.314 e. The summed E-state index contributed by atoms with van der Waals surface area (Å²) in [5.41, 5.74) is -0.657. The van der Waals surface area contributed by atoms with E-state index >= 15 is 0 Å². The molecule has 0 aromatic carbocycles. The van der Waals surface area contributed by atoms with E-state index in [2.05, 4.69) is 51.3 Å². The molecule has 0 aromatic rings. The molecule has 0 aliphatic heterocycles. The van der Waals surface area contributed by atoms with Gasteiger partial charge in [-0.15, -0.1) is 0 Å². The summed E-state index contributed by atoms with van der Waals surface area (Å²) in [7, 11) is 1.65. The molecule has 3 saturated carbocycles. The van der Waals surface area contributed by atoms with Gasteiger partial charge in [0.15, 0.2) is 11.6 Å². The van der Waals surface area contributed by atoms with E-state index in [0.29, 0.717) is 0 Å². The lowest BCUT2D eigenvalue weighted by Crippen LogP contribution is -2.70. The second-order valence-electron chi connectivity index (χ2n) is 15.1. The Morgan fingerprint density at radius 1 is 1.00 bits per heavy atom. The van der Waals surface area contributed by atoms with E-state index < -0.39 is 10.8 Å². The van der Waals surface area contributed by atoms with Crippen molar-refractivity contribution in [1.29, 1.82) is 5.26 Å². The molecule has 2 N–H and O–H groups in total. The molecular weight excluding hydrogens is 474 g/mol. The molecule has 5 aliphatic rings. The van der Waals surface area contributed by atoms with Crippen LogP contribution >= 0.6 is 0 Å². The minimum absolute atomic E-state index is 0.0399. The van der Waals surface area contributed by atoms with Gasteiger partial charge in [0, 0.05) is 29.3 Å². The topological polar surface area (TPSA) is 99.1 Å². The summed E-state index contributed by atoms with van der Waals surface area (Å²) in [6.07, 6.45) is 10.1. The van der Waals surface area contributed by atoms with Crippen molar-refractivity contribution in [3.63, 3.8) is 0 Å². The molecule has 6 heteroatoms. The monoisotopic (exact) mass is 519 g/mol. The zero-order valence-electron chi connectivity index (χ0n) is 24.5. The number of amides is 2. The van der Waals surface area contributed by atoms with E-state index in [-0.39, 0.29) is 62.7 Å². The van der Waals surface area contributed by atoms with Gasteiger partial charge < -0.3 is 10.6 Å². The van der Waals surface area contributed by atoms with Crippen molar-refractivity contribution < 1.29 is 14.4 Å². The number of nitrogens with zero attached hydrogens (tertiary/aromatic N) is 1. The Bertz CT molecular complexity index is 1220. The number of urea groups is 1. The van der Waals surface area contributed by atoms with Gasteiger partial charge in [0.05, 0.1) is 5.57 Å². The van der Waals surface area contributed by atoms with Crippen molar-refractivity contribution in [2.24, 2.45) is 44.8 Å². The number of allylic oxidation sites excluding steroid dienone is 4.